The normalized spacial score (nSPS) is 17.4. The Morgan fingerprint density at radius 3 is 2.80 bits per heavy atom. The fourth-order valence-corrected chi connectivity index (χ4v) is 3.02. The number of piperidine rings is 1. The van der Waals surface area contributed by atoms with E-state index in [0.717, 1.165) is 30.4 Å². The van der Waals surface area contributed by atoms with Crippen LogP contribution in [0.4, 0.5) is 0 Å². The lowest BCUT2D eigenvalue weighted by molar-refractivity contribution is 0.0527. The van der Waals surface area contributed by atoms with Crippen LogP contribution in [-0.2, 0) is 0 Å². The summed E-state index contributed by atoms with van der Waals surface area (Å²) in [4.78, 5) is 31.1. The maximum atomic E-state index is 12.8. The second-order valence-corrected chi connectivity index (χ2v) is 5.94. The molecular formula is C18H17N5O2. The fraction of sp³-hybridized carbons (Fsp3) is 0.278. The maximum Gasteiger partial charge on any atom is 0.254 e. The first-order valence-electron chi connectivity index (χ1n) is 8.22. The van der Waals surface area contributed by atoms with Crippen molar-refractivity contribution in [3.63, 3.8) is 0 Å². The molecule has 3 aromatic rings. The van der Waals surface area contributed by atoms with Crippen LogP contribution < -0.4 is 4.74 Å². The fourth-order valence-electron chi connectivity index (χ4n) is 3.02. The molecule has 0 saturated carbocycles. The van der Waals surface area contributed by atoms with Crippen LogP contribution in [0, 0.1) is 0 Å². The van der Waals surface area contributed by atoms with Crippen molar-refractivity contribution in [1.82, 2.24) is 24.8 Å². The summed E-state index contributed by atoms with van der Waals surface area (Å²) in [7, 11) is 0. The number of ether oxygens (including phenoxy) is 1. The Balaban J connectivity index is 1.49. The van der Waals surface area contributed by atoms with Crippen molar-refractivity contribution in [3.8, 4) is 5.88 Å². The number of aromatic nitrogens is 4. The number of hydrogen-bond donors (Lipinski definition) is 0. The Hall–Kier alpha value is -3.09. The Morgan fingerprint density at radius 1 is 1.08 bits per heavy atom. The molecule has 0 bridgehead atoms. The number of hydrogen-bond acceptors (Lipinski definition) is 6. The van der Waals surface area contributed by atoms with Crippen molar-refractivity contribution in [2.24, 2.45) is 0 Å². The van der Waals surface area contributed by atoms with Crippen LogP contribution in [0.1, 0.15) is 23.2 Å². The van der Waals surface area contributed by atoms with Crippen molar-refractivity contribution in [1.29, 1.82) is 0 Å². The summed E-state index contributed by atoms with van der Waals surface area (Å²) in [5.74, 6) is 0.527. The van der Waals surface area contributed by atoms with Crippen LogP contribution in [0.2, 0.25) is 0 Å². The Labute approximate surface area is 144 Å². The van der Waals surface area contributed by atoms with Gasteiger partial charge < -0.3 is 9.64 Å². The molecule has 2 aromatic heterocycles. The first-order chi connectivity index (χ1) is 12.3. The molecule has 1 saturated heterocycles. The van der Waals surface area contributed by atoms with Gasteiger partial charge in [-0.25, -0.2) is 9.97 Å². The van der Waals surface area contributed by atoms with Gasteiger partial charge in [0.25, 0.3) is 5.91 Å². The van der Waals surface area contributed by atoms with E-state index < -0.39 is 0 Å². The van der Waals surface area contributed by atoms with E-state index in [1.54, 1.807) is 36.8 Å². The number of amides is 1. The van der Waals surface area contributed by atoms with Crippen LogP contribution in [0.5, 0.6) is 5.88 Å². The molecule has 0 N–H and O–H groups in total. The predicted octanol–water partition coefficient (Wildman–Crippen LogP) is 2.10. The van der Waals surface area contributed by atoms with E-state index in [1.165, 1.54) is 6.33 Å². The summed E-state index contributed by atoms with van der Waals surface area (Å²) in [5, 5.41) is 0. The molecular weight excluding hydrogens is 318 g/mol. The standard InChI is InChI=1S/C18H17N5O2/c24-18(13-3-4-15-16(10-13)21-8-7-20-15)23-9-1-2-14(11-23)25-17-5-6-19-12-22-17/h3-8,10,12,14H,1-2,9,11H2. The van der Waals surface area contributed by atoms with Crippen LogP contribution in [-0.4, -0.2) is 49.9 Å². The first-order valence-corrected chi connectivity index (χ1v) is 8.22. The lowest BCUT2D eigenvalue weighted by atomic mass is 10.1. The molecule has 7 heteroatoms. The molecule has 126 valence electrons. The van der Waals surface area contributed by atoms with Crippen LogP contribution >= 0.6 is 0 Å². The average molecular weight is 335 g/mol. The zero-order valence-electron chi connectivity index (χ0n) is 13.6. The molecule has 0 spiro atoms. The van der Waals surface area contributed by atoms with Gasteiger partial charge in [-0.1, -0.05) is 0 Å². The van der Waals surface area contributed by atoms with Crippen LogP contribution in [0.15, 0.2) is 49.2 Å². The smallest absolute Gasteiger partial charge is 0.254 e. The number of carbonyl (C=O) groups is 1. The van der Waals surface area contributed by atoms with Gasteiger partial charge in [-0.3, -0.25) is 14.8 Å². The number of likely N-dealkylation sites (tertiary alicyclic amines) is 1. The molecule has 1 aliphatic heterocycles. The van der Waals surface area contributed by atoms with Gasteiger partial charge >= 0.3 is 0 Å². The Kier molecular flexibility index (Phi) is 4.20. The zero-order chi connectivity index (χ0) is 17.1. The largest absolute Gasteiger partial charge is 0.472 e. The van der Waals surface area contributed by atoms with Crippen molar-refractivity contribution in [2.75, 3.05) is 13.1 Å². The van der Waals surface area contributed by atoms with Crippen LogP contribution in [0.25, 0.3) is 11.0 Å². The molecule has 4 rings (SSSR count). The number of benzene rings is 1. The van der Waals surface area contributed by atoms with Gasteiger partial charge in [0.15, 0.2) is 0 Å². The van der Waals surface area contributed by atoms with Crippen LogP contribution in [0.3, 0.4) is 0 Å². The highest BCUT2D eigenvalue weighted by Crippen LogP contribution is 2.19. The minimum atomic E-state index is -0.0622. The van der Waals surface area contributed by atoms with Gasteiger partial charge in [-0.05, 0) is 31.0 Å². The Bertz CT molecular complexity index is 887. The molecule has 0 radical (unpaired) electrons. The van der Waals surface area contributed by atoms with Gasteiger partial charge in [0.2, 0.25) is 5.88 Å². The maximum absolute atomic E-state index is 12.8. The van der Waals surface area contributed by atoms with Gasteiger partial charge in [0.1, 0.15) is 12.4 Å². The third-order valence-corrected chi connectivity index (χ3v) is 4.22. The molecule has 25 heavy (non-hydrogen) atoms. The minimum absolute atomic E-state index is 0.0106. The van der Waals surface area contributed by atoms with E-state index >= 15 is 0 Å². The highest BCUT2D eigenvalue weighted by atomic mass is 16.5. The SMILES string of the molecule is O=C(c1ccc2nccnc2c1)N1CCCC(Oc2ccncn2)C1. The lowest BCUT2D eigenvalue weighted by Crippen LogP contribution is -2.44. The predicted molar refractivity (Wildman–Crippen MR) is 91.1 cm³/mol. The second kappa shape index (κ2) is 6.80. The average Bonchev–Trinajstić information content (AvgIpc) is 2.68. The third-order valence-electron chi connectivity index (χ3n) is 4.22. The van der Waals surface area contributed by atoms with E-state index in [4.69, 9.17) is 4.74 Å². The second-order valence-electron chi connectivity index (χ2n) is 5.94. The molecule has 1 aromatic carbocycles. The summed E-state index contributed by atoms with van der Waals surface area (Å²) in [6.45, 7) is 1.27. The number of fused-ring (bicyclic) bond motifs is 1. The summed E-state index contributed by atoms with van der Waals surface area (Å²) in [5.41, 5.74) is 2.12. The summed E-state index contributed by atoms with van der Waals surface area (Å²) < 4.78 is 5.87. The molecule has 1 fully saturated rings. The van der Waals surface area contributed by atoms with Gasteiger partial charge in [0, 0.05) is 36.8 Å². The third kappa shape index (κ3) is 3.40. The topological polar surface area (TPSA) is 81.1 Å². The summed E-state index contributed by atoms with van der Waals surface area (Å²) in [6.07, 6.45) is 8.10. The number of carbonyl (C=O) groups excluding carboxylic acids is 1. The van der Waals surface area contributed by atoms with E-state index in [0.29, 0.717) is 18.0 Å². The van der Waals surface area contributed by atoms with E-state index in [1.807, 2.05) is 11.0 Å². The van der Waals surface area contributed by atoms with E-state index in [9.17, 15) is 4.79 Å². The Morgan fingerprint density at radius 2 is 1.96 bits per heavy atom. The minimum Gasteiger partial charge on any atom is -0.472 e. The first kappa shape index (κ1) is 15.4. The molecule has 7 nitrogen and oxygen atoms in total. The summed E-state index contributed by atoms with van der Waals surface area (Å²) >= 11 is 0. The number of rotatable bonds is 3. The summed E-state index contributed by atoms with van der Waals surface area (Å²) in [6, 6.07) is 7.14. The molecule has 1 atom stereocenters. The van der Waals surface area contributed by atoms with Crippen molar-refractivity contribution >= 4 is 16.9 Å². The number of nitrogens with zero attached hydrogens (tertiary/aromatic N) is 5. The highest BCUT2D eigenvalue weighted by Gasteiger charge is 2.26. The quantitative estimate of drug-likeness (QED) is 0.729. The molecule has 3 heterocycles. The molecule has 0 aliphatic carbocycles. The lowest BCUT2D eigenvalue weighted by Gasteiger charge is -2.32. The van der Waals surface area contributed by atoms with Gasteiger partial charge in [-0.15, -0.1) is 0 Å². The monoisotopic (exact) mass is 335 g/mol. The van der Waals surface area contributed by atoms with Crippen molar-refractivity contribution in [2.45, 2.75) is 18.9 Å². The highest BCUT2D eigenvalue weighted by molar-refractivity contribution is 5.97. The molecule has 1 amide bonds. The van der Waals surface area contributed by atoms with E-state index in [2.05, 4.69) is 19.9 Å². The van der Waals surface area contributed by atoms with Crippen molar-refractivity contribution < 1.29 is 9.53 Å². The molecule has 1 unspecified atom stereocenters. The zero-order valence-corrected chi connectivity index (χ0v) is 13.6. The van der Waals surface area contributed by atoms with Gasteiger partial charge in [0.05, 0.1) is 17.6 Å². The van der Waals surface area contributed by atoms with E-state index in [-0.39, 0.29) is 12.0 Å². The molecule has 1 aliphatic rings. The van der Waals surface area contributed by atoms with Crippen molar-refractivity contribution in [3.05, 3.63) is 54.7 Å². The van der Waals surface area contributed by atoms with Gasteiger partial charge in [-0.2, -0.15) is 0 Å².